The van der Waals surface area contributed by atoms with Crippen LogP contribution in [0.1, 0.15) is 16.7 Å². The fraction of sp³-hybridized carbons (Fsp3) is 0.200. The van der Waals surface area contributed by atoms with Crippen LogP contribution in [0.4, 0.5) is 5.69 Å². The number of hydrogen-bond acceptors (Lipinski definition) is 3. The topological polar surface area (TPSA) is 52.4 Å². The van der Waals surface area contributed by atoms with E-state index in [0.29, 0.717) is 17.4 Å². The van der Waals surface area contributed by atoms with Crippen molar-refractivity contribution in [2.75, 3.05) is 0 Å². The summed E-state index contributed by atoms with van der Waals surface area (Å²) in [6.07, 6.45) is 0. The molecule has 0 bridgehead atoms. The maximum Gasteiger partial charge on any atom is 0.273 e. The first-order valence-electron chi connectivity index (χ1n) is 6.09. The first kappa shape index (κ1) is 14.3. The Labute approximate surface area is 122 Å². The summed E-state index contributed by atoms with van der Waals surface area (Å²) in [6.45, 7) is 3.76. The first-order valence-corrected chi connectivity index (χ1v) is 6.63. The van der Waals surface area contributed by atoms with Gasteiger partial charge >= 0.3 is 0 Å². The lowest BCUT2D eigenvalue weighted by Gasteiger charge is -2.11. The van der Waals surface area contributed by atoms with E-state index in [4.69, 9.17) is 16.3 Å². The van der Waals surface area contributed by atoms with Gasteiger partial charge in [-0.2, -0.15) is 0 Å². The van der Waals surface area contributed by atoms with Gasteiger partial charge in [-0.05, 0) is 42.7 Å². The number of non-ortho nitro benzene ring substituents is 1. The second-order valence-electron chi connectivity index (χ2n) is 4.54. The molecule has 0 saturated carbocycles. The third kappa shape index (κ3) is 3.08. The van der Waals surface area contributed by atoms with Gasteiger partial charge in [0.25, 0.3) is 5.69 Å². The van der Waals surface area contributed by atoms with Crippen molar-refractivity contribution in [1.82, 2.24) is 0 Å². The summed E-state index contributed by atoms with van der Waals surface area (Å²) in [5, 5.41) is 10.8. The molecule has 0 spiro atoms. The third-order valence-corrected chi connectivity index (χ3v) is 3.30. The van der Waals surface area contributed by atoms with Crippen LogP contribution < -0.4 is 4.74 Å². The number of aryl methyl sites for hydroxylation is 2. The molecule has 2 rings (SSSR count). The van der Waals surface area contributed by atoms with Crippen LogP contribution in [-0.4, -0.2) is 4.92 Å². The summed E-state index contributed by atoms with van der Waals surface area (Å²) < 4.78 is 5.78. The van der Waals surface area contributed by atoms with Gasteiger partial charge in [0.1, 0.15) is 11.5 Å². The normalized spacial score (nSPS) is 10.3. The van der Waals surface area contributed by atoms with Crippen LogP contribution in [-0.2, 0) is 5.88 Å². The monoisotopic (exact) mass is 291 g/mol. The van der Waals surface area contributed by atoms with Crippen LogP contribution >= 0.6 is 11.6 Å². The van der Waals surface area contributed by atoms with Gasteiger partial charge in [-0.1, -0.05) is 12.1 Å². The minimum absolute atomic E-state index is 0.0145. The van der Waals surface area contributed by atoms with E-state index in [1.165, 1.54) is 12.1 Å². The molecule has 0 fully saturated rings. The molecular formula is C15H14ClNO3. The number of nitro benzene ring substituents is 1. The van der Waals surface area contributed by atoms with E-state index in [1.54, 1.807) is 6.07 Å². The van der Waals surface area contributed by atoms with Crippen molar-refractivity contribution in [1.29, 1.82) is 0 Å². The predicted octanol–water partition coefficient (Wildman–Crippen LogP) is 4.74. The summed E-state index contributed by atoms with van der Waals surface area (Å²) in [7, 11) is 0. The Balaban J connectivity index is 2.34. The summed E-state index contributed by atoms with van der Waals surface area (Å²) in [6, 6.07) is 10.2. The molecular weight excluding hydrogens is 278 g/mol. The maximum absolute atomic E-state index is 10.8. The number of alkyl halides is 1. The fourth-order valence-electron chi connectivity index (χ4n) is 1.84. The van der Waals surface area contributed by atoms with E-state index in [9.17, 15) is 10.1 Å². The minimum Gasteiger partial charge on any atom is -0.457 e. The van der Waals surface area contributed by atoms with Crippen molar-refractivity contribution in [3.8, 4) is 11.5 Å². The van der Waals surface area contributed by atoms with Crippen molar-refractivity contribution in [2.24, 2.45) is 0 Å². The first-order chi connectivity index (χ1) is 9.51. The standard InChI is InChI=1S/C15H14ClNO3/c1-10-3-5-13(17(18)19)8-15(10)20-14-6-4-12(9-16)7-11(14)2/h3-8H,9H2,1-2H3. The molecule has 0 N–H and O–H groups in total. The van der Waals surface area contributed by atoms with Crippen molar-refractivity contribution in [2.45, 2.75) is 19.7 Å². The Hall–Kier alpha value is -2.07. The lowest BCUT2D eigenvalue weighted by Crippen LogP contribution is -1.94. The highest BCUT2D eigenvalue weighted by Crippen LogP contribution is 2.31. The van der Waals surface area contributed by atoms with Crippen molar-refractivity contribution >= 4 is 17.3 Å². The van der Waals surface area contributed by atoms with Gasteiger partial charge < -0.3 is 4.74 Å². The lowest BCUT2D eigenvalue weighted by atomic mass is 10.1. The third-order valence-electron chi connectivity index (χ3n) is 3.00. The molecule has 4 nitrogen and oxygen atoms in total. The van der Waals surface area contributed by atoms with Crippen LogP contribution in [0.3, 0.4) is 0 Å². The summed E-state index contributed by atoms with van der Waals surface area (Å²) in [5.74, 6) is 1.60. The zero-order chi connectivity index (χ0) is 14.7. The number of hydrogen-bond donors (Lipinski definition) is 0. The van der Waals surface area contributed by atoms with E-state index in [-0.39, 0.29) is 5.69 Å². The average molecular weight is 292 g/mol. The van der Waals surface area contributed by atoms with Gasteiger partial charge in [-0.25, -0.2) is 0 Å². The van der Waals surface area contributed by atoms with Gasteiger partial charge in [0.15, 0.2) is 0 Å². The van der Waals surface area contributed by atoms with Gasteiger partial charge in [0.05, 0.1) is 11.0 Å². The largest absolute Gasteiger partial charge is 0.457 e. The molecule has 0 atom stereocenters. The zero-order valence-electron chi connectivity index (χ0n) is 11.2. The van der Waals surface area contributed by atoms with Crippen molar-refractivity contribution in [3.63, 3.8) is 0 Å². The predicted molar refractivity (Wildman–Crippen MR) is 78.6 cm³/mol. The minimum atomic E-state index is -0.435. The van der Waals surface area contributed by atoms with Crippen LogP contribution in [0.25, 0.3) is 0 Å². The second kappa shape index (κ2) is 5.92. The number of ether oxygens (including phenoxy) is 1. The molecule has 2 aromatic carbocycles. The maximum atomic E-state index is 10.8. The second-order valence-corrected chi connectivity index (χ2v) is 4.81. The highest BCUT2D eigenvalue weighted by atomic mass is 35.5. The Kier molecular flexibility index (Phi) is 4.25. The van der Waals surface area contributed by atoms with Gasteiger partial charge in [-0.3, -0.25) is 10.1 Å². The number of halogens is 1. The van der Waals surface area contributed by atoms with Crippen LogP contribution in [0.15, 0.2) is 36.4 Å². The molecule has 0 unspecified atom stereocenters. The van der Waals surface area contributed by atoms with E-state index < -0.39 is 4.92 Å². The fourth-order valence-corrected chi connectivity index (χ4v) is 2.01. The number of rotatable bonds is 4. The highest BCUT2D eigenvalue weighted by Gasteiger charge is 2.11. The molecule has 0 heterocycles. The molecule has 5 heteroatoms. The Bertz CT molecular complexity index is 656. The number of benzene rings is 2. The molecule has 0 aliphatic rings. The molecule has 0 amide bonds. The average Bonchev–Trinajstić information content (AvgIpc) is 2.42. The quantitative estimate of drug-likeness (QED) is 0.464. The molecule has 2 aromatic rings. The van der Waals surface area contributed by atoms with Gasteiger partial charge in [-0.15, -0.1) is 11.6 Å². The SMILES string of the molecule is Cc1cc(CCl)ccc1Oc1cc([N+](=O)[O-])ccc1C. The van der Waals surface area contributed by atoms with Crippen LogP contribution in [0, 0.1) is 24.0 Å². The summed E-state index contributed by atoms with van der Waals surface area (Å²) >= 11 is 5.78. The van der Waals surface area contributed by atoms with Gasteiger partial charge in [0.2, 0.25) is 0 Å². The van der Waals surface area contributed by atoms with Gasteiger partial charge in [0, 0.05) is 11.9 Å². The summed E-state index contributed by atoms with van der Waals surface area (Å²) in [5.41, 5.74) is 2.80. The van der Waals surface area contributed by atoms with E-state index in [1.807, 2.05) is 32.0 Å². The molecule has 0 aliphatic carbocycles. The molecule has 0 aromatic heterocycles. The number of nitrogens with zero attached hydrogens (tertiary/aromatic N) is 1. The van der Waals surface area contributed by atoms with Crippen molar-refractivity contribution in [3.05, 3.63) is 63.2 Å². The molecule has 20 heavy (non-hydrogen) atoms. The molecule has 0 saturated heterocycles. The Morgan fingerprint density at radius 3 is 2.45 bits per heavy atom. The smallest absolute Gasteiger partial charge is 0.273 e. The Morgan fingerprint density at radius 1 is 1.10 bits per heavy atom. The molecule has 104 valence electrons. The highest BCUT2D eigenvalue weighted by molar-refractivity contribution is 6.17. The summed E-state index contributed by atoms with van der Waals surface area (Å²) in [4.78, 5) is 10.4. The van der Waals surface area contributed by atoms with Crippen LogP contribution in [0.5, 0.6) is 11.5 Å². The molecule has 0 radical (unpaired) electrons. The molecule has 0 aliphatic heterocycles. The Morgan fingerprint density at radius 2 is 1.85 bits per heavy atom. The van der Waals surface area contributed by atoms with E-state index in [0.717, 1.165) is 16.7 Å². The zero-order valence-corrected chi connectivity index (χ0v) is 12.0. The van der Waals surface area contributed by atoms with E-state index in [2.05, 4.69) is 0 Å². The number of nitro groups is 1. The lowest BCUT2D eigenvalue weighted by molar-refractivity contribution is -0.384. The van der Waals surface area contributed by atoms with E-state index >= 15 is 0 Å². The van der Waals surface area contributed by atoms with Crippen LogP contribution in [0.2, 0.25) is 0 Å². The van der Waals surface area contributed by atoms with Crippen molar-refractivity contribution < 1.29 is 9.66 Å².